The van der Waals surface area contributed by atoms with E-state index in [1.54, 1.807) is 33.9 Å². The molecule has 0 bridgehead atoms. The highest BCUT2D eigenvalue weighted by Crippen LogP contribution is 2.15. The number of amides is 1. The number of hydrogen-bond donors (Lipinski definition) is 1. The molecule has 0 fully saturated rings. The first-order chi connectivity index (χ1) is 8.19. The van der Waals surface area contributed by atoms with E-state index in [1.807, 2.05) is 0 Å². The lowest BCUT2D eigenvalue weighted by Gasteiger charge is -2.24. The van der Waals surface area contributed by atoms with Crippen molar-refractivity contribution in [2.24, 2.45) is 0 Å². The van der Waals surface area contributed by atoms with Gasteiger partial charge in [-0.3, -0.25) is 0 Å². The molecule has 5 heteroatoms. The van der Waals surface area contributed by atoms with Gasteiger partial charge in [0.1, 0.15) is 11.4 Å². The molecule has 1 aromatic rings. The largest absolute Gasteiger partial charge is 0.444 e. The molecular formula is C13H19FN2O2. The highest BCUT2D eigenvalue weighted by Gasteiger charge is 2.19. The normalized spacial score (nSPS) is 11.2. The fourth-order valence-corrected chi connectivity index (χ4v) is 1.35. The topological polar surface area (TPSA) is 55.6 Å². The number of carbonyl (C=O) groups is 1. The highest BCUT2D eigenvalue weighted by atomic mass is 19.1. The molecule has 0 saturated carbocycles. The maximum atomic E-state index is 13.2. The zero-order valence-corrected chi connectivity index (χ0v) is 11.2. The summed E-state index contributed by atoms with van der Waals surface area (Å²) in [7, 11) is 1.60. The van der Waals surface area contributed by atoms with Crippen LogP contribution in [0.2, 0.25) is 0 Å². The summed E-state index contributed by atoms with van der Waals surface area (Å²) >= 11 is 0. The molecule has 2 N–H and O–H groups in total. The van der Waals surface area contributed by atoms with Crippen LogP contribution >= 0.6 is 0 Å². The second-order valence-corrected chi connectivity index (χ2v) is 5.19. The summed E-state index contributed by atoms with van der Waals surface area (Å²) < 4.78 is 18.4. The Balaban J connectivity index is 2.66. The van der Waals surface area contributed by atoms with Gasteiger partial charge in [0.05, 0.1) is 5.69 Å². The number of benzene rings is 1. The van der Waals surface area contributed by atoms with Crippen molar-refractivity contribution in [1.29, 1.82) is 0 Å². The number of nitrogen functional groups attached to an aromatic ring is 1. The van der Waals surface area contributed by atoms with Gasteiger partial charge < -0.3 is 15.4 Å². The molecule has 1 aromatic carbocycles. The smallest absolute Gasteiger partial charge is 0.410 e. The lowest BCUT2D eigenvalue weighted by atomic mass is 10.2. The Hall–Kier alpha value is -1.78. The van der Waals surface area contributed by atoms with Gasteiger partial charge in [0.25, 0.3) is 0 Å². The van der Waals surface area contributed by atoms with E-state index >= 15 is 0 Å². The Morgan fingerprint density at radius 3 is 2.56 bits per heavy atom. The van der Waals surface area contributed by atoms with Crippen molar-refractivity contribution >= 4 is 11.8 Å². The van der Waals surface area contributed by atoms with Gasteiger partial charge in [-0.25, -0.2) is 9.18 Å². The number of anilines is 1. The number of rotatable bonds is 2. The zero-order chi connectivity index (χ0) is 13.9. The first kappa shape index (κ1) is 14.3. The van der Waals surface area contributed by atoms with Crippen LogP contribution in [-0.4, -0.2) is 23.6 Å². The molecule has 0 aliphatic heterocycles. The van der Waals surface area contributed by atoms with Gasteiger partial charge in [-0.05, 0) is 38.5 Å². The molecule has 4 nitrogen and oxygen atoms in total. The Morgan fingerprint density at radius 1 is 1.44 bits per heavy atom. The number of ether oxygens (including phenoxy) is 1. The maximum Gasteiger partial charge on any atom is 0.410 e. The third-order valence-corrected chi connectivity index (χ3v) is 2.19. The molecule has 0 unspecified atom stereocenters. The summed E-state index contributed by atoms with van der Waals surface area (Å²) in [5.74, 6) is -0.481. The van der Waals surface area contributed by atoms with E-state index in [9.17, 15) is 9.18 Å². The first-order valence-corrected chi connectivity index (χ1v) is 5.67. The third-order valence-electron chi connectivity index (χ3n) is 2.19. The van der Waals surface area contributed by atoms with Crippen molar-refractivity contribution in [2.45, 2.75) is 32.9 Å². The van der Waals surface area contributed by atoms with Gasteiger partial charge in [-0.15, -0.1) is 0 Å². The van der Waals surface area contributed by atoms with Crippen LogP contribution in [-0.2, 0) is 11.3 Å². The van der Waals surface area contributed by atoms with Crippen LogP contribution in [0.3, 0.4) is 0 Å². The van der Waals surface area contributed by atoms with E-state index in [0.717, 1.165) is 0 Å². The average molecular weight is 254 g/mol. The van der Waals surface area contributed by atoms with Crippen LogP contribution in [0, 0.1) is 5.82 Å². The number of carbonyl (C=O) groups excluding carboxylic acids is 1. The molecule has 18 heavy (non-hydrogen) atoms. The molecule has 0 heterocycles. The van der Waals surface area contributed by atoms with E-state index < -0.39 is 17.5 Å². The molecule has 100 valence electrons. The van der Waals surface area contributed by atoms with Crippen molar-refractivity contribution in [3.8, 4) is 0 Å². The summed E-state index contributed by atoms with van der Waals surface area (Å²) in [5, 5.41) is 0. The predicted molar refractivity (Wildman–Crippen MR) is 68.5 cm³/mol. The van der Waals surface area contributed by atoms with E-state index in [-0.39, 0.29) is 12.2 Å². The fourth-order valence-electron chi connectivity index (χ4n) is 1.35. The van der Waals surface area contributed by atoms with Crippen LogP contribution < -0.4 is 5.73 Å². The Bertz CT molecular complexity index is 441. The molecule has 0 aliphatic rings. The van der Waals surface area contributed by atoms with Crippen molar-refractivity contribution in [3.05, 3.63) is 29.6 Å². The molecule has 0 saturated heterocycles. The summed E-state index contributed by atoms with van der Waals surface area (Å²) in [4.78, 5) is 13.1. The van der Waals surface area contributed by atoms with Crippen molar-refractivity contribution in [3.63, 3.8) is 0 Å². The summed E-state index contributed by atoms with van der Waals surface area (Å²) in [6, 6.07) is 4.48. The second-order valence-electron chi connectivity index (χ2n) is 5.19. The standard InChI is InChI=1S/C13H19FN2O2/c1-13(2,3)18-12(17)16(4)8-9-5-6-11(15)10(14)7-9/h5-7H,8,15H2,1-4H3. The van der Waals surface area contributed by atoms with Gasteiger partial charge in [-0.1, -0.05) is 6.07 Å². The van der Waals surface area contributed by atoms with Gasteiger partial charge in [0.2, 0.25) is 0 Å². The number of nitrogens with zero attached hydrogens (tertiary/aromatic N) is 1. The SMILES string of the molecule is CN(Cc1ccc(N)c(F)c1)C(=O)OC(C)(C)C. The lowest BCUT2D eigenvalue weighted by molar-refractivity contribution is 0.0285. The van der Waals surface area contributed by atoms with Crippen LogP contribution in [0.4, 0.5) is 14.9 Å². The first-order valence-electron chi connectivity index (χ1n) is 5.67. The van der Waals surface area contributed by atoms with Gasteiger partial charge in [-0.2, -0.15) is 0 Å². The van der Waals surface area contributed by atoms with E-state index in [0.29, 0.717) is 5.56 Å². The lowest BCUT2D eigenvalue weighted by Crippen LogP contribution is -2.33. The van der Waals surface area contributed by atoms with Crippen molar-refractivity contribution < 1.29 is 13.9 Å². The molecule has 0 aromatic heterocycles. The Morgan fingerprint density at radius 2 is 2.06 bits per heavy atom. The van der Waals surface area contributed by atoms with Gasteiger partial charge in [0.15, 0.2) is 0 Å². The number of halogens is 1. The molecule has 0 spiro atoms. The van der Waals surface area contributed by atoms with Crippen LogP contribution in [0.5, 0.6) is 0 Å². The third kappa shape index (κ3) is 4.24. The highest BCUT2D eigenvalue weighted by molar-refractivity contribution is 5.67. The molecule has 1 amide bonds. The van der Waals surface area contributed by atoms with Gasteiger partial charge >= 0.3 is 6.09 Å². The molecule has 1 rings (SSSR count). The maximum absolute atomic E-state index is 13.2. The summed E-state index contributed by atoms with van der Waals surface area (Å²) in [5.41, 5.74) is 5.60. The predicted octanol–water partition coefficient (Wildman–Crippen LogP) is 2.77. The summed E-state index contributed by atoms with van der Waals surface area (Å²) in [6.45, 7) is 5.65. The average Bonchev–Trinajstić information content (AvgIpc) is 2.21. The number of hydrogen-bond acceptors (Lipinski definition) is 3. The van der Waals surface area contributed by atoms with E-state index in [1.165, 1.54) is 17.0 Å². The minimum atomic E-state index is -0.544. The number of nitrogens with two attached hydrogens (primary N) is 1. The van der Waals surface area contributed by atoms with Gasteiger partial charge in [0, 0.05) is 13.6 Å². The molecule has 0 radical (unpaired) electrons. The Kier molecular flexibility index (Phi) is 4.16. The van der Waals surface area contributed by atoms with Crippen LogP contribution in [0.25, 0.3) is 0 Å². The summed E-state index contributed by atoms with van der Waals surface area (Å²) in [6.07, 6.45) is -0.445. The zero-order valence-electron chi connectivity index (χ0n) is 11.2. The molecule has 0 aliphatic carbocycles. The fraction of sp³-hybridized carbons (Fsp3) is 0.462. The van der Waals surface area contributed by atoms with E-state index in [2.05, 4.69) is 0 Å². The monoisotopic (exact) mass is 254 g/mol. The van der Waals surface area contributed by atoms with E-state index in [4.69, 9.17) is 10.5 Å². The minimum Gasteiger partial charge on any atom is -0.444 e. The molecular weight excluding hydrogens is 235 g/mol. The second kappa shape index (κ2) is 5.25. The van der Waals surface area contributed by atoms with Crippen LogP contribution in [0.1, 0.15) is 26.3 Å². The quantitative estimate of drug-likeness (QED) is 0.826. The Labute approximate surface area is 107 Å². The minimum absolute atomic E-state index is 0.0960. The van der Waals surface area contributed by atoms with Crippen molar-refractivity contribution in [2.75, 3.05) is 12.8 Å². The molecule has 0 atom stereocenters. The van der Waals surface area contributed by atoms with Crippen molar-refractivity contribution in [1.82, 2.24) is 4.90 Å². The van der Waals surface area contributed by atoms with Crippen LogP contribution in [0.15, 0.2) is 18.2 Å².